The van der Waals surface area contributed by atoms with Gasteiger partial charge in [-0.1, -0.05) is 6.92 Å². The normalized spacial score (nSPS) is 12.7. The Balaban J connectivity index is 2.58. The Kier molecular flexibility index (Phi) is 3.94. The molecule has 0 spiro atoms. The fourth-order valence-corrected chi connectivity index (χ4v) is 3.09. The van der Waals surface area contributed by atoms with Crippen molar-refractivity contribution in [3.63, 3.8) is 0 Å². The van der Waals surface area contributed by atoms with Gasteiger partial charge in [-0.3, -0.25) is 14.2 Å². The Bertz CT molecular complexity index is 730. The number of nitrogens with one attached hydrogen (secondary N) is 1. The number of aromatic nitrogens is 2. The van der Waals surface area contributed by atoms with Crippen molar-refractivity contribution in [1.82, 2.24) is 14.9 Å². The first-order valence-electron chi connectivity index (χ1n) is 6.64. The number of hydrogen-bond donors (Lipinski definition) is 1. The van der Waals surface area contributed by atoms with Gasteiger partial charge in [-0.15, -0.1) is 11.3 Å². The average Bonchev–Trinajstić information content (AvgIpc) is 2.73. The molecule has 20 heavy (non-hydrogen) atoms. The quantitative estimate of drug-likeness (QED) is 0.943. The monoisotopic (exact) mass is 293 g/mol. The van der Waals surface area contributed by atoms with Crippen LogP contribution in [-0.2, 0) is 7.05 Å². The van der Waals surface area contributed by atoms with Gasteiger partial charge in [0.25, 0.3) is 11.5 Å². The molecule has 0 saturated heterocycles. The van der Waals surface area contributed by atoms with Gasteiger partial charge in [0.15, 0.2) is 0 Å². The number of hydrogen-bond acceptors (Lipinski definition) is 4. The molecular formula is C14H19N3O2S. The molecule has 2 heterocycles. The molecule has 2 rings (SSSR count). The first kappa shape index (κ1) is 14.7. The fourth-order valence-electron chi connectivity index (χ4n) is 1.97. The average molecular weight is 293 g/mol. The van der Waals surface area contributed by atoms with E-state index < -0.39 is 0 Å². The first-order chi connectivity index (χ1) is 9.36. The Morgan fingerprint density at radius 1 is 1.45 bits per heavy atom. The maximum atomic E-state index is 12.3. The number of fused-ring (bicyclic) bond motifs is 1. The SMILES string of the molecule is CCC(C)NC(=O)c1sc2nc(C)n(C)c(=O)c2c1C. The predicted molar refractivity (Wildman–Crippen MR) is 81.6 cm³/mol. The molecule has 5 nitrogen and oxygen atoms in total. The summed E-state index contributed by atoms with van der Waals surface area (Å²) in [7, 11) is 1.69. The number of carbonyl (C=O) groups excluding carboxylic acids is 1. The van der Waals surface area contributed by atoms with Crippen LogP contribution in [0, 0.1) is 13.8 Å². The number of carbonyl (C=O) groups is 1. The van der Waals surface area contributed by atoms with Crippen molar-refractivity contribution in [1.29, 1.82) is 0 Å². The highest BCUT2D eigenvalue weighted by Crippen LogP contribution is 2.27. The minimum absolute atomic E-state index is 0.0937. The molecule has 1 amide bonds. The third kappa shape index (κ3) is 2.35. The number of thiophene rings is 1. The summed E-state index contributed by atoms with van der Waals surface area (Å²) in [6.45, 7) is 7.57. The van der Waals surface area contributed by atoms with E-state index in [2.05, 4.69) is 10.3 Å². The van der Waals surface area contributed by atoms with E-state index in [1.807, 2.05) is 20.8 Å². The van der Waals surface area contributed by atoms with Gasteiger partial charge >= 0.3 is 0 Å². The highest BCUT2D eigenvalue weighted by atomic mass is 32.1. The second kappa shape index (κ2) is 5.36. The molecule has 1 atom stereocenters. The zero-order valence-electron chi connectivity index (χ0n) is 12.4. The zero-order chi connectivity index (χ0) is 15.0. The van der Waals surface area contributed by atoms with E-state index in [0.29, 0.717) is 20.9 Å². The number of aryl methyl sites for hydroxylation is 2. The topological polar surface area (TPSA) is 64.0 Å². The standard InChI is InChI=1S/C14H19N3O2S/c1-6-7(2)15-12(18)11-8(3)10-13(20-11)16-9(4)17(5)14(10)19/h7H,6H2,1-5H3,(H,15,18). The van der Waals surface area contributed by atoms with Crippen LogP contribution >= 0.6 is 11.3 Å². The molecule has 2 aromatic heterocycles. The van der Waals surface area contributed by atoms with Crippen molar-refractivity contribution in [3.8, 4) is 0 Å². The van der Waals surface area contributed by atoms with Crippen LogP contribution in [0.15, 0.2) is 4.79 Å². The molecule has 0 fully saturated rings. The summed E-state index contributed by atoms with van der Waals surface area (Å²) in [6.07, 6.45) is 0.870. The van der Waals surface area contributed by atoms with Crippen molar-refractivity contribution in [2.75, 3.05) is 0 Å². The Hall–Kier alpha value is -1.69. The van der Waals surface area contributed by atoms with Crippen molar-refractivity contribution in [2.45, 2.75) is 40.2 Å². The van der Waals surface area contributed by atoms with Gasteiger partial charge in [0, 0.05) is 13.1 Å². The molecule has 0 aliphatic carbocycles. The van der Waals surface area contributed by atoms with E-state index in [-0.39, 0.29) is 17.5 Å². The van der Waals surface area contributed by atoms with Crippen LogP contribution in [0.4, 0.5) is 0 Å². The predicted octanol–water partition coefficient (Wildman–Crippen LogP) is 2.14. The lowest BCUT2D eigenvalue weighted by atomic mass is 10.2. The molecule has 0 bridgehead atoms. The van der Waals surface area contributed by atoms with Crippen LogP contribution in [0.5, 0.6) is 0 Å². The van der Waals surface area contributed by atoms with Gasteiger partial charge < -0.3 is 5.32 Å². The highest BCUT2D eigenvalue weighted by Gasteiger charge is 2.20. The minimum Gasteiger partial charge on any atom is -0.349 e. The lowest BCUT2D eigenvalue weighted by molar-refractivity contribution is 0.0943. The molecule has 2 aromatic rings. The maximum Gasteiger partial charge on any atom is 0.262 e. The Morgan fingerprint density at radius 2 is 2.10 bits per heavy atom. The number of amides is 1. The molecule has 0 saturated carbocycles. The summed E-state index contributed by atoms with van der Waals surface area (Å²) < 4.78 is 1.51. The summed E-state index contributed by atoms with van der Waals surface area (Å²) in [5.74, 6) is 0.525. The van der Waals surface area contributed by atoms with Crippen molar-refractivity contribution in [3.05, 3.63) is 26.6 Å². The van der Waals surface area contributed by atoms with Crippen LogP contribution in [0.3, 0.4) is 0 Å². The zero-order valence-corrected chi connectivity index (χ0v) is 13.2. The molecule has 0 aromatic carbocycles. The molecule has 0 radical (unpaired) electrons. The third-order valence-electron chi connectivity index (χ3n) is 3.59. The first-order valence-corrected chi connectivity index (χ1v) is 7.46. The number of rotatable bonds is 3. The van der Waals surface area contributed by atoms with E-state index >= 15 is 0 Å². The van der Waals surface area contributed by atoms with Crippen molar-refractivity contribution < 1.29 is 4.79 Å². The Labute approximate surface area is 121 Å². The van der Waals surface area contributed by atoms with Gasteiger partial charge in [0.1, 0.15) is 10.7 Å². The smallest absolute Gasteiger partial charge is 0.262 e. The highest BCUT2D eigenvalue weighted by molar-refractivity contribution is 7.20. The summed E-state index contributed by atoms with van der Waals surface area (Å²) >= 11 is 1.29. The number of nitrogens with zero attached hydrogens (tertiary/aromatic N) is 2. The molecular weight excluding hydrogens is 274 g/mol. The molecule has 1 unspecified atom stereocenters. The van der Waals surface area contributed by atoms with E-state index in [1.54, 1.807) is 14.0 Å². The van der Waals surface area contributed by atoms with Gasteiger partial charge in [-0.2, -0.15) is 0 Å². The van der Waals surface area contributed by atoms with Crippen LogP contribution < -0.4 is 10.9 Å². The van der Waals surface area contributed by atoms with Gasteiger partial charge in [-0.05, 0) is 32.8 Å². The summed E-state index contributed by atoms with van der Waals surface area (Å²) in [6, 6.07) is 0.115. The largest absolute Gasteiger partial charge is 0.349 e. The molecule has 0 aliphatic heterocycles. The van der Waals surface area contributed by atoms with Crippen LogP contribution in [0.1, 0.15) is 41.3 Å². The summed E-state index contributed by atoms with van der Waals surface area (Å²) in [5.41, 5.74) is 0.628. The summed E-state index contributed by atoms with van der Waals surface area (Å²) in [4.78, 5) is 30.1. The van der Waals surface area contributed by atoms with Crippen molar-refractivity contribution in [2.24, 2.45) is 7.05 Å². The van der Waals surface area contributed by atoms with E-state index in [0.717, 1.165) is 12.0 Å². The van der Waals surface area contributed by atoms with Gasteiger partial charge in [0.05, 0.1) is 10.3 Å². The lowest BCUT2D eigenvalue weighted by Crippen LogP contribution is -2.31. The molecule has 1 N–H and O–H groups in total. The van der Waals surface area contributed by atoms with Gasteiger partial charge in [0.2, 0.25) is 0 Å². The van der Waals surface area contributed by atoms with Gasteiger partial charge in [-0.25, -0.2) is 4.98 Å². The molecule has 0 aliphatic rings. The van der Waals surface area contributed by atoms with Crippen LogP contribution in [0.25, 0.3) is 10.2 Å². The third-order valence-corrected chi connectivity index (χ3v) is 4.78. The molecule has 108 valence electrons. The van der Waals surface area contributed by atoms with Crippen LogP contribution in [-0.4, -0.2) is 21.5 Å². The van der Waals surface area contributed by atoms with E-state index in [4.69, 9.17) is 0 Å². The second-order valence-corrected chi connectivity index (χ2v) is 6.04. The summed E-state index contributed by atoms with van der Waals surface area (Å²) in [5, 5.41) is 3.48. The maximum absolute atomic E-state index is 12.3. The van der Waals surface area contributed by atoms with E-state index in [9.17, 15) is 9.59 Å². The minimum atomic E-state index is -0.125. The lowest BCUT2D eigenvalue weighted by Gasteiger charge is -2.10. The second-order valence-electron chi connectivity index (χ2n) is 5.04. The molecule has 6 heteroatoms. The Morgan fingerprint density at radius 3 is 2.70 bits per heavy atom. The van der Waals surface area contributed by atoms with Crippen LogP contribution in [0.2, 0.25) is 0 Å². The van der Waals surface area contributed by atoms with E-state index in [1.165, 1.54) is 15.9 Å². The van der Waals surface area contributed by atoms with Crippen molar-refractivity contribution >= 4 is 27.5 Å². The fraction of sp³-hybridized carbons (Fsp3) is 0.500.